The van der Waals surface area contributed by atoms with Crippen LogP contribution in [0.15, 0.2) is 37.5 Å². The predicted molar refractivity (Wildman–Crippen MR) is 50.8 cm³/mol. The first kappa shape index (κ1) is 25.8. The molecule has 0 spiro atoms. The Morgan fingerprint density at radius 2 is 1.56 bits per heavy atom. The molecule has 0 aromatic rings. The molecule has 8 heteroatoms. The molecule has 0 unspecified atom stereocenters. The molecule has 0 aliphatic rings. The van der Waals surface area contributed by atoms with Gasteiger partial charge in [-0.3, -0.25) is 8.42 Å². The average Bonchev–Trinajstić information content (AvgIpc) is 2.01. The van der Waals surface area contributed by atoms with E-state index in [1.807, 2.05) is 12.2 Å². The summed E-state index contributed by atoms with van der Waals surface area (Å²) in [5.74, 6) is 0. The number of hydrogen-bond donors (Lipinski definition) is 0. The third-order valence-corrected chi connectivity index (χ3v) is 0.722. The van der Waals surface area contributed by atoms with E-state index >= 15 is 0 Å². The quantitative estimate of drug-likeness (QED) is 0.124. The molecule has 0 aliphatic carbocycles. The largest absolute Gasteiger partial charge is 1.00 e. The van der Waals surface area contributed by atoms with Gasteiger partial charge >= 0.3 is 59.1 Å². The Morgan fingerprint density at radius 3 is 1.88 bits per heavy atom. The summed E-state index contributed by atoms with van der Waals surface area (Å²) in [6.45, 7) is 8.27. The Labute approximate surface area is 141 Å². The molecule has 82 valence electrons. The summed E-state index contributed by atoms with van der Waals surface area (Å²) in [5.41, 5.74) is 0. The summed E-state index contributed by atoms with van der Waals surface area (Å²) in [6.07, 6.45) is 7.19. The van der Waals surface area contributed by atoms with Gasteiger partial charge in [0.05, 0.1) is 13.2 Å². The molecule has 0 amide bonds. The van der Waals surface area contributed by atoms with Gasteiger partial charge in [-0.2, -0.15) is 0 Å². The summed E-state index contributed by atoms with van der Waals surface area (Å²) < 4.78 is 39.1. The Kier molecular flexibility index (Phi) is 29.7. The molecule has 0 N–H and O–H groups in total. The molecule has 0 saturated heterocycles. The van der Waals surface area contributed by atoms with Gasteiger partial charge in [-0.1, -0.05) is 30.9 Å². The van der Waals surface area contributed by atoms with E-state index < -0.39 is 10.4 Å². The molecule has 0 saturated carbocycles. The fourth-order valence-electron chi connectivity index (χ4n) is 0.371. The second kappa shape index (κ2) is 18.4. The minimum Gasteiger partial charge on any atom is -0.759 e. The Bertz CT molecular complexity index is 266. The van der Waals surface area contributed by atoms with E-state index in [1.165, 1.54) is 0 Å². The summed E-state index contributed by atoms with van der Waals surface area (Å²) in [4.78, 5) is 0. The van der Waals surface area contributed by atoms with E-state index in [4.69, 9.17) is 22.3 Å². The van der Waals surface area contributed by atoms with E-state index in [0.29, 0.717) is 13.2 Å². The average molecular weight is 266 g/mol. The molecular weight excluding hydrogens is 254 g/mol. The zero-order valence-corrected chi connectivity index (χ0v) is 14.4. The molecule has 0 aromatic carbocycles. The van der Waals surface area contributed by atoms with Crippen molar-refractivity contribution >= 4 is 10.4 Å². The first-order valence-electron chi connectivity index (χ1n) is 3.54. The Morgan fingerprint density at radius 1 is 1.12 bits per heavy atom. The van der Waals surface area contributed by atoms with E-state index in [9.17, 15) is 0 Å². The number of ether oxygens (including phenoxy) is 1. The maximum Gasteiger partial charge on any atom is 1.00 e. The van der Waals surface area contributed by atoms with Crippen LogP contribution in [0.1, 0.15) is 0 Å². The Hall–Kier alpha value is 1.05. The van der Waals surface area contributed by atoms with E-state index in [-0.39, 0.29) is 59.1 Å². The summed E-state index contributed by atoms with van der Waals surface area (Å²) in [5, 5.41) is 0. The maximum absolute atomic E-state index is 8.52. The fraction of sp³-hybridized carbons (Fsp3) is 0.250. The van der Waals surface area contributed by atoms with Crippen molar-refractivity contribution < 1.29 is 81.4 Å². The van der Waals surface area contributed by atoms with Crippen molar-refractivity contribution in [3.63, 3.8) is 0 Å². The van der Waals surface area contributed by atoms with Crippen LogP contribution in [0.2, 0.25) is 0 Å². The van der Waals surface area contributed by atoms with Gasteiger partial charge in [0.2, 0.25) is 0 Å². The molecule has 0 rings (SSSR count). The van der Waals surface area contributed by atoms with Crippen LogP contribution in [0.25, 0.3) is 0 Å². The van der Waals surface area contributed by atoms with Crippen molar-refractivity contribution in [1.29, 1.82) is 0 Å². The van der Waals surface area contributed by atoms with Crippen molar-refractivity contribution in [2.75, 3.05) is 13.2 Å². The van der Waals surface area contributed by atoms with Gasteiger partial charge in [-0.05, 0) is 0 Å². The monoisotopic (exact) mass is 266 g/mol. The molecule has 16 heavy (non-hydrogen) atoms. The minimum absolute atomic E-state index is 0. The van der Waals surface area contributed by atoms with Crippen LogP contribution < -0.4 is 59.1 Å². The van der Waals surface area contributed by atoms with Crippen LogP contribution in [-0.4, -0.2) is 30.7 Å². The van der Waals surface area contributed by atoms with Crippen molar-refractivity contribution in [3.05, 3.63) is 37.5 Å². The van der Waals surface area contributed by atoms with Gasteiger partial charge in [0.25, 0.3) is 0 Å². The normalized spacial score (nSPS) is 9.12. The smallest absolute Gasteiger partial charge is 0.759 e. The van der Waals surface area contributed by atoms with Crippen LogP contribution in [0, 0.1) is 0 Å². The maximum atomic E-state index is 8.52. The van der Waals surface area contributed by atoms with Crippen molar-refractivity contribution in [1.82, 2.24) is 0 Å². The molecule has 0 bridgehead atoms. The number of rotatable bonds is 5. The van der Waals surface area contributed by atoms with Gasteiger partial charge in [0.1, 0.15) is 0 Å². The van der Waals surface area contributed by atoms with Crippen LogP contribution in [-0.2, 0) is 15.1 Å². The number of hydrogen-bond acceptors (Lipinski definition) is 5. The molecule has 0 aliphatic heterocycles. The van der Waals surface area contributed by atoms with Gasteiger partial charge in [-0.25, -0.2) is 0 Å². The molecular formula is C8H12Na2O5S. The standard InChI is InChI=1S/C8H12O.2Na.H2O4S/c1-3-5-6-8-9-7-4-2;;;1-5(2,3)4/h3-6H,1-2,7-8H2;;;(H2,1,2,3,4)/q;2*+1;/p-2. The summed E-state index contributed by atoms with van der Waals surface area (Å²) in [7, 11) is -5.17. The van der Waals surface area contributed by atoms with E-state index in [1.54, 1.807) is 12.2 Å². The number of allylic oxidation sites excluding steroid dienone is 2. The molecule has 0 aromatic heterocycles. The van der Waals surface area contributed by atoms with Gasteiger partial charge in [0.15, 0.2) is 0 Å². The third-order valence-electron chi connectivity index (χ3n) is 0.722. The van der Waals surface area contributed by atoms with Crippen molar-refractivity contribution in [2.24, 2.45) is 0 Å². The molecule has 0 fully saturated rings. The van der Waals surface area contributed by atoms with Crippen LogP contribution in [0.5, 0.6) is 0 Å². The zero-order chi connectivity index (χ0) is 11.4. The molecule has 0 radical (unpaired) electrons. The SMILES string of the molecule is C=CC=CCOCC=C.O=S(=O)([O-])[O-].[Na+].[Na+]. The first-order chi connectivity index (χ1) is 6.41. The summed E-state index contributed by atoms with van der Waals surface area (Å²) >= 11 is 0. The predicted octanol–water partition coefficient (Wildman–Crippen LogP) is -5.40. The summed E-state index contributed by atoms with van der Waals surface area (Å²) in [6, 6.07) is 0. The molecule has 0 atom stereocenters. The first-order valence-corrected chi connectivity index (χ1v) is 4.88. The minimum atomic E-state index is -5.17. The van der Waals surface area contributed by atoms with Crippen LogP contribution >= 0.6 is 0 Å². The van der Waals surface area contributed by atoms with Crippen LogP contribution in [0.3, 0.4) is 0 Å². The van der Waals surface area contributed by atoms with Gasteiger partial charge in [0, 0.05) is 10.4 Å². The zero-order valence-electron chi connectivity index (χ0n) is 9.59. The van der Waals surface area contributed by atoms with E-state index in [0.717, 1.165) is 0 Å². The van der Waals surface area contributed by atoms with Crippen molar-refractivity contribution in [2.45, 2.75) is 0 Å². The Balaban J connectivity index is -0.0000000904. The molecule has 0 heterocycles. The van der Waals surface area contributed by atoms with E-state index in [2.05, 4.69) is 13.2 Å². The molecule has 5 nitrogen and oxygen atoms in total. The fourth-order valence-corrected chi connectivity index (χ4v) is 0.371. The van der Waals surface area contributed by atoms with Crippen molar-refractivity contribution in [3.8, 4) is 0 Å². The third kappa shape index (κ3) is 59.8. The van der Waals surface area contributed by atoms with Gasteiger partial charge < -0.3 is 13.8 Å². The van der Waals surface area contributed by atoms with Gasteiger partial charge in [-0.15, -0.1) is 6.58 Å². The second-order valence-corrected chi connectivity index (χ2v) is 2.71. The van der Waals surface area contributed by atoms with Crippen LogP contribution in [0.4, 0.5) is 0 Å². The second-order valence-electron chi connectivity index (χ2n) is 1.90. The topological polar surface area (TPSA) is 89.5 Å².